The molecule has 228 valence electrons. The van der Waals surface area contributed by atoms with Gasteiger partial charge in [-0.25, -0.2) is 9.97 Å². The summed E-state index contributed by atoms with van der Waals surface area (Å²) >= 11 is 0. The van der Waals surface area contributed by atoms with E-state index in [1.165, 1.54) is 0 Å². The number of nitrogens with one attached hydrogen (secondary N) is 1. The summed E-state index contributed by atoms with van der Waals surface area (Å²) in [7, 11) is 0. The third kappa shape index (κ3) is 8.40. The number of nitrogens with zero attached hydrogens (tertiary/aromatic N) is 3. The van der Waals surface area contributed by atoms with Crippen molar-refractivity contribution in [3.8, 4) is 22.8 Å². The van der Waals surface area contributed by atoms with Crippen LogP contribution in [0.25, 0.3) is 11.3 Å². The first kappa shape index (κ1) is 30.7. The number of amides is 1. The number of benzene rings is 2. The van der Waals surface area contributed by atoms with Crippen molar-refractivity contribution in [3.63, 3.8) is 0 Å². The zero-order valence-corrected chi connectivity index (χ0v) is 25.2. The Balaban J connectivity index is 1.21. The molecule has 9 nitrogen and oxygen atoms in total. The SMILES string of the molecule is CCOC(=O)CNC(=O)c1nc(CC2CCC(Oc3ccc(-c4ccccn4)cc3)CC2)nc(C)c1OCc1ccccc1. The predicted molar refractivity (Wildman–Crippen MR) is 166 cm³/mol. The number of hydrogen-bond acceptors (Lipinski definition) is 8. The van der Waals surface area contributed by atoms with Crippen LogP contribution < -0.4 is 14.8 Å². The summed E-state index contributed by atoms with van der Waals surface area (Å²) in [5.74, 6) is 1.11. The van der Waals surface area contributed by atoms with Gasteiger partial charge in [0.05, 0.1) is 24.1 Å². The lowest BCUT2D eigenvalue weighted by molar-refractivity contribution is -0.141. The molecule has 4 aromatic rings. The van der Waals surface area contributed by atoms with Crippen molar-refractivity contribution in [2.24, 2.45) is 5.92 Å². The van der Waals surface area contributed by atoms with Gasteiger partial charge >= 0.3 is 5.97 Å². The quantitative estimate of drug-likeness (QED) is 0.202. The second-order valence-electron chi connectivity index (χ2n) is 10.9. The van der Waals surface area contributed by atoms with Gasteiger partial charge in [-0.15, -0.1) is 0 Å². The van der Waals surface area contributed by atoms with Crippen molar-refractivity contribution >= 4 is 11.9 Å². The molecule has 1 aliphatic carbocycles. The van der Waals surface area contributed by atoms with Gasteiger partial charge in [0.2, 0.25) is 0 Å². The maximum absolute atomic E-state index is 13.2. The average Bonchev–Trinajstić information content (AvgIpc) is 3.05. The molecule has 1 amide bonds. The number of aromatic nitrogens is 3. The van der Waals surface area contributed by atoms with Gasteiger partial charge in [0.15, 0.2) is 11.4 Å². The van der Waals surface area contributed by atoms with Crippen LogP contribution in [0.3, 0.4) is 0 Å². The lowest BCUT2D eigenvalue weighted by atomic mass is 9.85. The van der Waals surface area contributed by atoms with Crippen molar-refractivity contribution in [2.45, 2.75) is 58.7 Å². The van der Waals surface area contributed by atoms with E-state index in [1.54, 1.807) is 13.1 Å². The molecule has 0 spiro atoms. The molecule has 0 unspecified atom stereocenters. The number of carbonyl (C=O) groups is 2. The Bertz CT molecular complexity index is 1520. The molecule has 5 rings (SSSR count). The smallest absolute Gasteiger partial charge is 0.325 e. The lowest BCUT2D eigenvalue weighted by Gasteiger charge is -2.29. The van der Waals surface area contributed by atoms with E-state index >= 15 is 0 Å². The number of hydrogen-bond donors (Lipinski definition) is 1. The molecule has 0 atom stereocenters. The molecule has 0 bridgehead atoms. The van der Waals surface area contributed by atoms with Gasteiger partial charge in [0, 0.05) is 18.2 Å². The van der Waals surface area contributed by atoms with Crippen LogP contribution in [0.15, 0.2) is 79.0 Å². The molecule has 9 heteroatoms. The van der Waals surface area contributed by atoms with Crippen LogP contribution in [0.4, 0.5) is 0 Å². The lowest BCUT2D eigenvalue weighted by Crippen LogP contribution is -2.32. The van der Waals surface area contributed by atoms with Crippen LogP contribution in [0.5, 0.6) is 11.5 Å². The molecule has 2 aromatic carbocycles. The highest BCUT2D eigenvalue weighted by atomic mass is 16.5. The van der Waals surface area contributed by atoms with Gasteiger partial charge in [0.25, 0.3) is 5.91 Å². The Morgan fingerprint density at radius 2 is 1.66 bits per heavy atom. The van der Waals surface area contributed by atoms with E-state index in [0.717, 1.165) is 48.3 Å². The summed E-state index contributed by atoms with van der Waals surface area (Å²) in [5.41, 5.74) is 3.66. The van der Waals surface area contributed by atoms with E-state index in [4.69, 9.17) is 19.2 Å². The van der Waals surface area contributed by atoms with Gasteiger partial charge in [0.1, 0.15) is 24.7 Å². The molecule has 0 radical (unpaired) electrons. The number of esters is 1. The van der Waals surface area contributed by atoms with Crippen LogP contribution >= 0.6 is 0 Å². The number of ether oxygens (including phenoxy) is 3. The Hall–Kier alpha value is -4.79. The number of aryl methyl sites for hydroxylation is 1. The van der Waals surface area contributed by atoms with E-state index in [9.17, 15) is 9.59 Å². The Morgan fingerprint density at radius 3 is 2.36 bits per heavy atom. The van der Waals surface area contributed by atoms with E-state index in [0.29, 0.717) is 29.6 Å². The zero-order valence-electron chi connectivity index (χ0n) is 25.2. The highest BCUT2D eigenvalue weighted by Gasteiger charge is 2.26. The average molecular weight is 595 g/mol. The molecule has 1 aliphatic rings. The molecule has 44 heavy (non-hydrogen) atoms. The second-order valence-corrected chi connectivity index (χ2v) is 10.9. The first-order valence-electron chi connectivity index (χ1n) is 15.1. The van der Waals surface area contributed by atoms with Crippen LogP contribution in [0, 0.1) is 12.8 Å². The summed E-state index contributed by atoms with van der Waals surface area (Å²) in [4.78, 5) is 38.8. The normalized spacial score (nSPS) is 16.1. The van der Waals surface area contributed by atoms with Gasteiger partial charge in [-0.2, -0.15) is 0 Å². The van der Waals surface area contributed by atoms with Gasteiger partial charge in [-0.3, -0.25) is 14.6 Å². The molecule has 0 aliphatic heterocycles. The third-order valence-corrected chi connectivity index (χ3v) is 7.60. The highest BCUT2D eigenvalue weighted by Crippen LogP contribution is 2.31. The molecular weight excluding hydrogens is 556 g/mol. The maximum Gasteiger partial charge on any atom is 0.325 e. The fourth-order valence-corrected chi connectivity index (χ4v) is 5.36. The van der Waals surface area contributed by atoms with E-state index in [-0.39, 0.29) is 31.6 Å². The van der Waals surface area contributed by atoms with E-state index in [1.807, 2.05) is 79.7 Å². The van der Waals surface area contributed by atoms with Crippen LogP contribution in [-0.4, -0.2) is 46.1 Å². The monoisotopic (exact) mass is 594 g/mol. The summed E-state index contributed by atoms with van der Waals surface area (Å²) < 4.78 is 17.3. The molecule has 1 saturated carbocycles. The molecule has 2 heterocycles. The van der Waals surface area contributed by atoms with Crippen LogP contribution in [0.1, 0.15) is 60.2 Å². The van der Waals surface area contributed by atoms with Gasteiger partial charge in [-0.05, 0) is 87.4 Å². The first-order valence-corrected chi connectivity index (χ1v) is 15.1. The fraction of sp³-hybridized carbons (Fsp3) is 0.343. The standard InChI is InChI=1S/C35H38N4O5/c1-3-42-32(40)22-37-35(41)33-34(43-23-26-9-5-4-6-10-26)24(2)38-31(39-33)21-25-12-16-28(17-13-25)44-29-18-14-27(15-19-29)30-11-7-8-20-36-30/h4-11,14-15,18-20,25,28H,3,12-13,16-17,21-23H2,1-2H3,(H,37,41). The van der Waals surface area contributed by atoms with E-state index in [2.05, 4.69) is 15.3 Å². The molecule has 2 aromatic heterocycles. The number of rotatable bonds is 12. The Labute approximate surface area is 258 Å². The molecule has 0 saturated heterocycles. The third-order valence-electron chi connectivity index (χ3n) is 7.60. The van der Waals surface area contributed by atoms with Gasteiger partial charge in [-0.1, -0.05) is 36.4 Å². The van der Waals surface area contributed by atoms with Gasteiger partial charge < -0.3 is 19.5 Å². The largest absolute Gasteiger partial charge is 0.490 e. The first-order chi connectivity index (χ1) is 21.5. The van der Waals surface area contributed by atoms with Crippen molar-refractivity contribution in [1.82, 2.24) is 20.3 Å². The van der Waals surface area contributed by atoms with Crippen molar-refractivity contribution in [2.75, 3.05) is 13.2 Å². The summed E-state index contributed by atoms with van der Waals surface area (Å²) in [6.07, 6.45) is 6.37. The fourth-order valence-electron chi connectivity index (χ4n) is 5.36. The van der Waals surface area contributed by atoms with Crippen molar-refractivity contribution in [3.05, 3.63) is 102 Å². The topological polar surface area (TPSA) is 113 Å². The van der Waals surface area contributed by atoms with Crippen LogP contribution in [-0.2, 0) is 22.6 Å². The highest BCUT2D eigenvalue weighted by molar-refractivity contribution is 5.96. The zero-order chi connectivity index (χ0) is 30.7. The summed E-state index contributed by atoms with van der Waals surface area (Å²) in [5, 5.41) is 2.62. The van der Waals surface area contributed by atoms with Crippen LogP contribution in [0.2, 0.25) is 0 Å². The summed E-state index contributed by atoms with van der Waals surface area (Å²) in [6, 6.07) is 23.6. The minimum absolute atomic E-state index is 0.124. The predicted octanol–water partition coefficient (Wildman–Crippen LogP) is 5.90. The summed E-state index contributed by atoms with van der Waals surface area (Å²) in [6.45, 7) is 3.79. The molecule has 1 N–H and O–H groups in total. The number of carbonyl (C=O) groups excluding carboxylic acids is 2. The Morgan fingerprint density at radius 1 is 0.909 bits per heavy atom. The van der Waals surface area contributed by atoms with Crippen molar-refractivity contribution in [1.29, 1.82) is 0 Å². The molecule has 1 fully saturated rings. The minimum Gasteiger partial charge on any atom is -0.490 e. The maximum atomic E-state index is 13.2. The second kappa shape index (κ2) is 15.1. The Kier molecular flexibility index (Phi) is 10.5. The minimum atomic E-state index is -0.512. The van der Waals surface area contributed by atoms with E-state index < -0.39 is 11.9 Å². The number of pyridine rings is 1. The molecular formula is C35H38N4O5. The van der Waals surface area contributed by atoms with Crippen molar-refractivity contribution < 1.29 is 23.8 Å².